The molecule has 1 amide bonds. The molecular weight excluding hydrogens is 190 g/mol. The van der Waals surface area contributed by atoms with Crippen LogP contribution in [0, 0.1) is 0 Å². The van der Waals surface area contributed by atoms with Crippen LogP contribution in [0.25, 0.3) is 0 Å². The van der Waals surface area contributed by atoms with Crippen LogP contribution in [0.1, 0.15) is 32.6 Å². The average molecular weight is 208 g/mol. The van der Waals surface area contributed by atoms with Crippen molar-refractivity contribution >= 4 is 17.5 Å². The normalized spacial score (nSPS) is 12.5. The second-order valence-electron chi connectivity index (χ2n) is 2.99. The van der Waals surface area contributed by atoms with Crippen molar-refractivity contribution in [3.05, 3.63) is 0 Å². The lowest BCUT2D eigenvalue weighted by molar-refractivity contribution is -0.121. The summed E-state index contributed by atoms with van der Waals surface area (Å²) in [7, 11) is 0. The van der Waals surface area contributed by atoms with Gasteiger partial charge in [0.05, 0.1) is 6.10 Å². The Morgan fingerprint density at radius 3 is 2.85 bits per heavy atom. The fourth-order valence-corrected chi connectivity index (χ4v) is 1.03. The molecule has 2 N–H and O–H groups in total. The van der Waals surface area contributed by atoms with E-state index >= 15 is 0 Å². The van der Waals surface area contributed by atoms with E-state index in [4.69, 9.17) is 11.6 Å². The van der Waals surface area contributed by atoms with Crippen molar-refractivity contribution in [3.63, 3.8) is 0 Å². The number of aliphatic hydroxyl groups is 1. The highest BCUT2D eigenvalue weighted by molar-refractivity contribution is 6.17. The summed E-state index contributed by atoms with van der Waals surface area (Å²) in [5.74, 6) is 0.536. The van der Waals surface area contributed by atoms with Gasteiger partial charge < -0.3 is 10.4 Å². The van der Waals surface area contributed by atoms with Gasteiger partial charge in [0.1, 0.15) is 0 Å². The molecule has 0 bridgehead atoms. The molecule has 78 valence electrons. The SMILES string of the molecule is CCC(O)CCNC(=O)CCCCl. The fourth-order valence-electron chi connectivity index (χ4n) is 0.898. The minimum Gasteiger partial charge on any atom is -0.393 e. The Bertz CT molecular complexity index is 142. The van der Waals surface area contributed by atoms with Crippen molar-refractivity contribution in [2.45, 2.75) is 38.7 Å². The number of hydrogen-bond donors (Lipinski definition) is 2. The van der Waals surface area contributed by atoms with Gasteiger partial charge >= 0.3 is 0 Å². The molecule has 0 aliphatic carbocycles. The molecule has 0 saturated carbocycles. The molecule has 0 radical (unpaired) electrons. The van der Waals surface area contributed by atoms with Crippen LogP contribution < -0.4 is 5.32 Å². The average Bonchev–Trinajstić information content (AvgIpc) is 2.14. The zero-order valence-electron chi connectivity index (χ0n) is 8.05. The Morgan fingerprint density at radius 2 is 2.31 bits per heavy atom. The van der Waals surface area contributed by atoms with Gasteiger partial charge in [0, 0.05) is 18.8 Å². The molecular formula is C9H18ClNO2. The Morgan fingerprint density at radius 1 is 1.62 bits per heavy atom. The van der Waals surface area contributed by atoms with E-state index in [2.05, 4.69) is 5.32 Å². The highest BCUT2D eigenvalue weighted by Gasteiger charge is 2.02. The lowest BCUT2D eigenvalue weighted by Gasteiger charge is -2.08. The molecule has 0 rings (SSSR count). The number of aliphatic hydroxyl groups excluding tert-OH is 1. The number of amides is 1. The van der Waals surface area contributed by atoms with Crippen LogP contribution >= 0.6 is 11.6 Å². The molecule has 4 heteroatoms. The third-order valence-corrected chi connectivity index (χ3v) is 2.08. The first-order valence-corrected chi connectivity index (χ1v) is 5.24. The third kappa shape index (κ3) is 8.06. The van der Waals surface area contributed by atoms with Crippen LogP contribution in [0.2, 0.25) is 0 Å². The van der Waals surface area contributed by atoms with Gasteiger partial charge in [-0.3, -0.25) is 4.79 Å². The second kappa shape index (κ2) is 8.32. The van der Waals surface area contributed by atoms with Crippen LogP contribution in [-0.4, -0.2) is 29.5 Å². The first kappa shape index (κ1) is 12.7. The van der Waals surface area contributed by atoms with E-state index in [0.717, 1.165) is 6.42 Å². The topological polar surface area (TPSA) is 49.3 Å². The summed E-state index contributed by atoms with van der Waals surface area (Å²) in [6.07, 6.45) is 2.25. The summed E-state index contributed by atoms with van der Waals surface area (Å²) in [5.41, 5.74) is 0. The first-order valence-electron chi connectivity index (χ1n) is 4.71. The molecule has 0 aromatic heterocycles. The standard InChI is InChI=1S/C9H18ClNO2/c1-2-8(12)5-7-11-9(13)4-3-6-10/h8,12H,2-7H2,1H3,(H,11,13). The van der Waals surface area contributed by atoms with Crippen molar-refractivity contribution < 1.29 is 9.90 Å². The molecule has 0 aliphatic heterocycles. The Kier molecular flexibility index (Phi) is 8.14. The Labute approximate surface area is 84.5 Å². The molecule has 1 unspecified atom stereocenters. The molecule has 1 atom stereocenters. The summed E-state index contributed by atoms with van der Waals surface area (Å²) < 4.78 is 0. The molecule has 0 aliphatic rings. The van der Waals surface area contributed by atoms with E-state index in [1.165, 1.54) is 0 Å². The maximum Gasteiger partial charge on any atom is 0.220 e. The van der Waals surface area contributed by atoms with E-state index in [9.17, 15) is 9.90 Å². The number of hydrogen-bond acceptors (Lipinski definition) is 2. The maximum absolute atomic E-state index is 11.0. The highest BCUT2D eigenvalue weighted by atomic mass is 35.5. The number of halogens is 1. The first-order chi connectivity index (χ1) is 6.20. The minimum atomic E-state index is -0.298. The monoisotopic (exact) mass is 207 g/mol. The summed E-state index contributed by atoms with van der Waals surface area (Å²) in [6.45, 7) is 2.47. The fraction of sp³-hybridized carbons (Fsp3) is 0.889. The van der Waals surface area contributed by atoms with Gasteiger partial charge in [-0.15, -0.1) is 11.6 Å². The highest BCUT2D eigenvalue weighted by Crippen LogP contribution is 1.95. The lowest BCUT2D eigenvalue weighted by atomic mass is 10.2. The summed E-state index contributed by atoms with van der Waals surface area (Å²) in [5, 5.41) is 11.9. The van der Waals surface area contributed by atoms with Crippen molar-refractivity contribution in [2.24, 2.45) is 0 Å². The number of carbonyl (C=O) groups is 1. The van der Waals surface area contributed by atoms with Gasteiger partial charge in [0.25, 0.3) is 0 Å². The summed E-state index contributed by atoms with van der Waals surface area (Å²) >= 11 is 5.43. The Balaban J connectivity index is 3.26. The van der Waals surface area contributed by atoms with Crippen LogP contribution in [-0.2, 0) is 4.79 Å². The zero-order valence-corrected chi connectivity index (χ0v) is 8.81. The number of nitrogens with one attached hydrogen (secondary N) is 1. The number of carbonyl (C=O) groups excluding carboxylic acids is 1. The molecule has 0 aromatic rings. The van der Waals surface area contributed by atoms with Gasteiger partial charge in [-0.1, -0.05) is 6.92 Å². The predicted molar refractivity (Wildman–Crippen MR) is 53.9 cm³/mol. The van der Waals surface area contributed by atoms with Crippen molar-refractivity contribution in [2.75, 3.05) is 12.4 Å². The van der Waals surface area contributed by atoms with Gasteiger partial charge in [-0.05, 0) is 19.3 Å². The summed E-state index contributed by atoms with van der Waals surface area (Å²) in [4.78, 5) is 11.0. The van der Waals surface area contributed by atoms with Crippen molar-refractivity contribution in [1.29, 1.82) is 0 Å². The number of rotatable bonds is 7. The predicted octanol–water partition coefficient (Wildman–Crippen LogP) is 1.28. The minimum absolute atomic E-state index is 0.0175. The number of alkyl halides is 1. The van der Waals surface area contributed by atoms with Crippen molar-refractivity contribution in [3.8, 4) is 0 Å². The van der Waals surface area contributed by atoms with E-state index in [0.29, 0.717) is 31.7 Å². The van der Waals surface area contributed by atoms with Gasteiger partial charge in [0.15, 0.2) is 0 Å². The maximum atomic E-state index is 11.0. The molecule has 0 spiro atoms. The van der Waals surface area contributed by atoms with Gasteiger partial charge in [-0.25, -0.2) is 0 Å². The molecule has 0 heterocycles. The molecule has 0 aromatic carbocycles. The second-order valence-corrected chi connectivity index (χ2v) is 3.37. The van der Waals surface area contributed by atoms with E-state index in [1.807, 2.05) is 6.92 Å². The van der Waals surface area contributed by atoms with Crippen molar-refractivity contribution in [1.82, 2.24) is 5.32 Å². The van der Waals surface area contributed by atoms with Gasteiger partial charge in [0.2, 0.25) is 5.91 Å². The van der Waals surface area contributed by atoms with Crippen LogP contribution in [0.15, 0.2) is 0 Å². The molecule has 0 fully saturated rings. The van der Waals surface area contributed by atoms with E-state index in [-0.39, 0.29) is 12.0 Å². The molecule has 3 nitrogen and oxygen atoms in total. The van der Waals surface area contributed by atoms with E-state index < -0.39 is 0 Å². The third-order valence-electron chi connectivity index (χ3n) is 1.81. The summed E-state index contributed by atoms with van der Waals surface area (Å²) in [6, 6.07) is 0. The van der Waals surface area contributed by atoms with Crippen LogP contribution in [0.5, 0.6) is 0 Å². The molecule has 13 heavy (non-hydrogen) atoms. The van der Waals surface area contributed by atoms with E-state index in [1.54, 1.807) is 0 Å². The Hall–Kier alpha value is -0.280. The van der Waals surface area contributed by atoms with Gasteiger partial charge in [-0.2, -0.15) is 0 Å². The lowest BCUT2D eigenvalue weighted by Crippen LogP contribution is -2.26. The smallest absolute Gasteiger partial charge is 0.220 e. The zero-order chi connectivity index (χ0) is 10.1. The van der Waals surface area contributed by atoms with Crippen LogP contribution in [0.4, 0.5) is 0 Å². The van der Waals surface area contributed by atoms with Crippen LogP contribution in [0.3, 0.4) is 0 Å². The molecule has 0 saturated heterocycles. The largest absolute Gasteiger partial charge is 0.393 e. The quantitative estimate of drug-likeness (QED) is 0.618.